The molecular formula is C20H22N2O2. The highest BCUT2D eigenvalue weighted by Gasteiger charge is 2.18. The summed E-state index contributed by atoms with van der Waals surface area (Å²) in [5.74, 6) is -0.480. The normalized spacial score (nSPS) is 11.0. The van der Waals surface area contributed by atoms with Crippen LogP contribution in [-0.2, 0) is 4.79 Å². The van der Waals surface area contributed by atoms with Crippen molar-refractivity contribution >= 4 is 17.9 Å². The molecule has 0 heterocycles. The molecule has 1 N–H and O–H groups in total. The van der Waals surface area contributed by atoms with Crippen molar-refractivity contribution < 1.29 is 9.59 Å². The minimum atomic E-state index is -0.293. The predicted molar refractivity (Wildman–Crippen MR) is 96.3 cm³/mol. The Morgan fingerprint density at radius 3 is 2.00 bits per heavy atom. The summed E-state index contributed by atoms with van der Waals surface area (Å²) in [6, 6.07) is 18.4. The molecule has 0 saturated carbocycles. The molecule has 0 aliphatic heterocycles. The fourth-order valence-corrected chi connectivity index (χ4v) is 2.33. The number of amides is 2. The van der Waals surface area contributed by atoms with E-state index in [1.165, 1.54) is 0 Å². The molecule has 0 spiro atoms. The Bertz CT molecular complexity index is 705. The molecule has 0 unspecified atom stereocenters. The third kappa shape index (κ3) is 4.56. The van der Waals surface area contributed by atoms with Crippen LogP contribution in [0.15, 0.2) is 66.4 Å². The van der Waals surface area contributed by atoms with Gasteiger partial charge in [-0.1, -0.05) is 48.5 Å². The summed E-state index contributed by atoms with van der Waals surface area (Å²) in [6.45, 7) is 5.01. The molecule has 2 amide bonds. The van der Waals surface area contributed by atoms with Crippen LogP contribution in [-0.4, -0.2) is 29.8 Å². The van der Waals surface area contributed by atoms with Crippen LogP contribution >= 0.6 is 0 Å². The highest BCUT2D eigenvalue weighted by molar-refractivity contribution is 6.05. The van der Waals surface area contributed by atoms with Crippen molar-refractivity contribution in [3.8, 4) is 0 Å². The van der Waals surface area contributed by atoms with E-state index in [2.05, 4.69) is 5.32 Å². The van der Waals surface area contributed by atoms with E-state index >= 15 is 0 Å². The largest absolute Gasteiger partial charge is 0.338 e. The van der Waals surface area contributed by atoms with Gasteiger partial charge < -0.3 is 10.2 Å². The monoisotopic (exact) mass is 322 g/mol. The molecule has 0 radical (unpaired) electrons. The summed E-state index contributed by atoms with van der Waals surface area (Å²) in [5, 5.41) is 2.76. The van der Waals surface area contributed by atoms with Crippen molar-refractivity contribution in [3.05, 3.63) is 77.5 Å². The van der Waals surface area contributed by atoms with E-state index in [-0.39, 0.29) is 17.5 Å². The first kappa shape index (κ1) is 17.5. The van der Waals surface area contributed by atoms with Gasteiger partial charge in [0.25, 0.3) is 11.8 Å². The van der Waals surface area contributed by atoms with Gasteiger partial charge in [-0.3, -0.25) is 9.59 Å². The molecule has 2 aromatic carbocycles. The van der Waals surface area contributed by atoms with Crippen LogP contribution in [0.2, 0.25) is 0 Å². The fraction of sp³-hybridized carbons (Fsp3) is 0.200. The van der Waals surface area contributed by atoms with E-state index in [1.807, 2.05) is 50.2 Å². The highest BCUT2D eigenvalue weighted by atomic mass is 16.2. The SMILES string of the molecule is CCN(CC)C(=O)/C(=C/c1ccccc1)NC(=O)c1ccccc1. The third-order valence-electron chi connectivity index (χ3n) is 3.68. The van der Waals surface area contributed by atoms with E-state index in [0.29, 0.717) is 18.7 Å². The zero-order chi connectivity index (χ0) is 17.4. The number of benzene rings is 2. The van der Waals surface area contributed by atoms with Crippen molar-refractivity contribution in [1.82, 2.24) is 10.2 Å². The number of likely N-dealkylation sites (N-methyl/N-ethyl adjacent to an activating group) is 1. The number of nitrogens with one attached hydrogen (secondary N) is 1. The molecule has 4 nitrogen and oxygen atoms in total. The second-order valence-corrected chi connectivity index (χ2v) is 5.27. The number of carbonyl (C=O) groups excluding carboxylic acids is 2. The zero-order valence-corrected chi connectivity index (χ0v) is 14.0. The molecule has 0 aromatic heterocycles. The number of nitrogens with zero attached hydrogens (tertiary/aromatic N) is 1. The molecule has 0 aliphatic rings. The number of carbonyl (C=O) groups is 2. The molecule has 124 valence electrons. The Morgan fingerprint density at radius 1 is 0.917 bits per heavy atom. The molecular weight excluding hydrogens is 300 g/mol. The van der Waals surface area contributed by atoms with Crippen LogP contribution < -0.4 is 5.32 Å². The van der Waals surface area contributed by atoms with Gasteiger partial charge in [0.05, 0.1) is 0 Å². The Morgan fingerprint density at radius 2 is 1.46 bits per heavy atom. The van der Waals surface area contributed by atoms with Gasteiger partial charge in [-0.05, 0) is 37.6 Å². The lowest BCUT2D eigenvalue weighted by molar-refractivity contribution is -0.127. The fourth-order valence-electron chi connectivity index (χ4n) is 2.33. The van der Waals surface area contributed by atoms with Gasteiger partial charge in [-0.15, -0.1) is 0 Å². The van der Waals surface area contributed by atoms with Crippen LogP contribution in [0.25, 0.3) is 6.08 Å². The molecule has 0 saturated heterocycles. The Labute approximate surface area is 142 Å². The summed E-state index contributed by atoms with van der Waals surface area (Å²) in [6.07, 6.45) is 1.71. The quantitative estimate of drug-likeness (QED) is 0.829. The van der Waals surface area contributed by atoms with E-state index < -0.39 is 0 Å². The molecule has 2 aromatic rings. The minimum Gasteiger partial charge on any atom is -0.338 e. The van der Waals surface area contributed by atoms with Crippen LogP contribution in [0.5, 0.6) is 0 Å². The maximum Gasteiger partial charge on any atom is 0.270 e. The van der Waals surface area contributed by atoms with Crippen molar-refractivity contribution in [2.45, 2.75) is 13.8 Å². The van der Waals surface area contributed by atoms with Crippen LogP contribution in [0.1, 0.15) is 29.8 Å². The Balaban J connectivity index is 2.31. The molecule has 0 atom stereocenters. The van der Waals surface area contributed by atoms with Gasteiger partial charge in [0.1, 0.15) is 5.70 Å². The topological polar surface area (TPSA) is 49.4 Å². The van der Waals surface area contributed by atoms with E-state index in [1.54, 1.807) is 35.2 Å². The van der Waals surface area contributed by atoms with Gasteiger partial charge in [-0.2, -0.15) is 0 Å². The molecule has 4 heteroatoms. The number of hydrogen-bond donors (Lipinski definition) is 1. The van der Waals surface area contributed by atoms with Gasteiger partial charge >= 0.3 is 0 Å². The number of hydrogen-bond acceptors (Lipinski definition) is 2. The first-order valence-corrected chi connectivity index (χ1v) is 8.08. The van der Waals surface area contributed by atoms with Gasteiger partial charge in [0, 0.05) is 18.7 Å². The van der Waals surface area contributed by atoms with Crippen molar-refractivity contribution in [2.24, 2.45) is 0 Å². The average Bonchev–Trinajstić information content (AvgIpc) is 2.63. The average molecular weight is 322 g/mol. The first-order valence-electron chi connectivity index (χ1n) is 8.08. The maximum absolute atomic E-state index is 12.7. The van der Waals surface area contributed by atoms with Gasteiger partial charge in [-0.25, -0.2) is 0 Å². The second-order valence-electron chi connectivity index (χ2n) is 5.27. The van der Waals surface area contributed by atoms with Crippen LogP contribution in [0.3, 0.4) is 0 Å². The molecule has 0 fully saturated rings. The first-order chi connectivity index (χ1) is 11.7. The molecule has 2 rings (SSSR count). The lowest BCUT2D eigenvalue weighted by Gasteiger charge is -2.21. The smallest absolute Gasteiger partial charge is 0.270 e. The van der Waals surface area contributed by atoms with E-state index in [0.717, 1.165) is 5.56 Å². The second kappa shape index (κ2) is 8.67. The summed E-state index contributed by atoms with van der Waals surface area (Å²) < 4.78 is 0. The van der Waals surface area contributed by atoms with Crippen LogP contribution in [0.4, 0.5) is 0 Å². The van der Waals surface area contributed by atoms with E-state index in [9.17, 15) is 9.59 Å². The van der Waals surface area contributed by atoms with Crippen LogP contribution in [0, 0.1) is 0 Å². The van der Waals surface area contributed by atoms with Gasteiger partial charge in [0.2, 0.25) is 0 Å². The zero-order valence-electron chi connectivity index (χ0n) is 14.0. The third-order valence-corrected chi connectivity index (χ3v) is 3.68. The standard InChI is InChI=1S/C20H22N2O2/c1-3-22(4-2)20(24)18(15-16-11-7-5-8-12-16)21-19(23)17-13-9-6-10-14-17/h5-15H,3-4H2,1-2H3,(H,21,23)/b18-15-. The highest BCUT2D eigenvalue weighted by Crippen LogP contribution is 2.09. The van der Waals surface area contributed by atoms with Crippen molar-refractivity contribution in [3.63, 3.8) is 0 Å². The van der Waals surface area contributed by atoms with E-state index in [4.69, 9.17) is 0 Å². The Kier molecular flexibility index (Phi) is 6.32. The number of rotatable bonds is 6. The molecule has 0 aliphatic carbocycles. The van der Waals surface area contributed by atoms with Gasteiger partial charge in [0.15, 0.2) is 0 Å². The maximum atomic E-state index is 12.7. The lowest BCUT2D eigenvalue weighted by atomic mass is 10.1. The van der Waals surface area contributed by atoms with Crippen molar-refractivity contribution in [2.75, 3.05) is 13.1 Å². The molecule has 0 bridgehead atoms. The van der Waals surface area contributed by atoms with Crippen molar-refractivity contribution in [1.29, 1.82) is 0 Å². The summed E-state index contributed by atoms with van der Waals surface area (Å²) in [5.41, 5.74) is 1.66. The lowest BCUT2D eigenvalue weighted by Crippen LogP contribution is -2.38. The summed E-state index contributed by atoms with van der Waals surface area (Å²) in [7, 11) is 0. The summed E-state index contributed by atoms with van der Waals surface area (Å²) >= 11 is 0. The molecule has 24 heavy (non-hydrogen) atoms. The predicted octanol–water partition coefficient (Wildman–Crippen LogP) is 3.33. The summed E-state index contributed by atoms with van der Waals surface area (Å²) in [4.78, 5) is 26.8. The minimum absolute atomic E-state index is 0.187. The Hall–Kier alpha value is -2.88.